The van der Waals surface area contributed by atoms with Crippen LogP contribution in [0.5, 0.6) is 0 Å². The molecule has 1 saturated carbocycles. The van der Waals surface area contributed by atoms with E-state index in [-0.39, 0.29) is 6.04 Å². The Hall–Kier alpha value is -1.09. The topological polar surface area (TPSA) is 42.1 Å². The minimum atomic E-state index is 0.0677. The van der Waals surface area contributed by atoms with Crippen molar-refractivity contribution in [3.63, 3.8) is 0 Å². The summed E-state index contributed by atoms with van der Waals surface area (Å²) in [6, 6.07) is 4.97. The second-order valence-electron chi connectivity index (χ2n) is 4.96. The molecule has 2 rings (SSSR count). The van der Waals surface area contributed by atoms with E-state index in [1.807, 2.05) is 13.1 Å². The second kappa shape index (κ2) is 5.50. The average molecular weight is 233 g/mol. The molecule has 0 saturated heterocycles. The van der Waals surface area contributed by atoms with Crippen LogP contribution in [0.15, 0.2) is 18.3 Å². The van der Waals surface area contributed by atoms with Crippen molar-refractivity contribution in [2.75, 3.05) is 11.4 Å². The fraction of sp³-hybridized carbons (Fsp3) is 0.643. The lowest BCUT2D eigenvalue weighted by atomic mass is 10.1. The number of aromatic nitrogens is 1. The molecule has 0 spiro atoms. The Morgan fingerprint density at radius 3 is 2.59 bits per heavy atom. The summed E-state index contributed by atoms with van der Waals surface area (Å²) in [5, 5.41) is 0. The van der Waals surface area contributed by atoms with E-state index in [1.54, 1.807) is 0 Å². The van der Waals surface area contributed by atoms with Crippen LogP contribution >= 0.6 is 0 Å². The van der Waals surface area contributed by atoms with Gasteiger partial charge in [-0.15, -0.1) is 0 Å². The van der Waals surface area contributed by atoms with Crippen molar-refractivity contribution in [2.24, 2.45) is 5.73 Å². The van der Waals surface area contributed by atoms with Crippen LogP contribution in [0.3, 0.4) is 0 Å². The highest BCUT2D eigenvalue weighted by Crippen LogP contribution is 2.27. The molecule has 1 aliphatic rings. The summed E-state index contributed by atoms with van der Waals surface area (Å²) in [6.45, 7) is 5.24. The van der Waals surface area contributed by atoms with Crippen molar-refractivity contribution in [1.82, 2.24) is 4.98 Å². The summed E-state index contributed by atoms with van der Waals surface area (Å²) in [7, 11) is 0. The number of anilines is 1. The lowest BCUT2D eigenvalue weighted by molar-refractivity contribution is 0.612. The maximum absolute atomic E-state index is 5.84. The molecule has 0 aliphatic heterocycles. The number of nitrogens with two attached hydrogens (primary N) is 1. The van der Waals surface area contributed by atoms with Crippen LogP contribution in [-0.4, -0.2) is 17.6 Å². The Bertz CT molecular complexity index is 339. The summed E-state index contributed by atoms with van der Waals surface area (Å²) >= 11 is 0. The number of hydrogen-bond acceptors (Lipinski definition) is 3. The Balaban J connectivity index is 2.13. The highest BCUT2D eigenvalue weighted by Gasteiger charge is 2.22. The number of nitrogens with zero attached hydrogens (tertiary/aromatic N) is 2. The van der Waals surface area contributed by atoms with E-state index < -0.39 is 0 Å². The van der Waals surface area contributed by atoms with E-state index in [1.165, 1.54) is 25.7 Å². The summed E-state index contributed by atoms with van der Waals surface area (Å²) in [4.78, 5) is 6.99. The van der Waals surface area contributed by atoms with Gasteiger partial charge in [-0.2, -0.15) is 0 Å². The molecule has 0 bridgehead atoms. The van der Waals surface area contributed by atoms with E-state index in [0.717, 1.165) is 17.9 Å². The van der Waals surface area contributed by atoms with Crippen LogP contribution in [0.1, 0.15) is 51.1 Å². The molecule has 1 aromatic heterocycles. The molecule has 0 aromatic carbocycles. The molecule has 1 fully saturated rings. The Morgan fingerprint density at radius 2 is 2.12 bits per heavy atom. The minimum Gasteiger partial charge on any atom is -0.354 e. The monoisotopic (exact) mass is 233 g/mol. The zero-order chi connectivity index (χ0) is 12.3. The van der Waals surface area contributed by atoms with Gasteiger partial charge in [0.2, 0.25) is 0 Å². The molecule has 0 radical (unpaired) electrons. The third-order valence-corrected chi connectivity index (χ3v) is 3.70. The standard InChI is InChI=1S/C14H23N3/c1-3-17(13-6-4-5-7-13)14-9-8-12(10-16-14)11(2)15/h8-11,13H,3-7,15H2,1-2H3. The summed E-state index contributed by atoms with van der Waals surface area (Å²) < 4.78 is 0. The molecular weight excluding hydrogens is 210 g/mol. The summed E-state index contributed by atoms with van der Waals surface area (Å²) in [5.74, 6) is 1.10. The van der Waals surface area contributed by atoms with Gasteiger partial charge in [0.05, 0.1) is 0 Å². The molecular formula is C14H23N3. The van der Waals surface area contributed by atoms with Crippen LogP contribution < -0.4 is 10.6 Å². The van der Waals surface area contributed by atoms with Crippen molar-refractivity contribution in [3.05, 3.63) is 23.9 Å². The van der Waals surface area contributed by atoms with Crippen molar-refractivity contribution >= 4 is 5.82 Å². The first-order valence-electron chi connectivity index (χ1n) is 6.70. The van der Waals surface area contributed by atoms with Gasteiger partial charge < -0.3 is 10.6 Å². The van der Waals surface area contributed by atoms with Crippen molar-refractivity contribution in [2.45, 2.75) is 51.6 Å². The molecule has 2 N–H and O–H groups in total. The van der Waals surface area contributed by atoms with Gasteiger partial charge in [-0.3, -0.25) is 0 Å². The highest BCUT2D eigenvalue weighted by molar-refractivity contribution is 5.41. The largest absolute Gasteiger partial charge is 0.354 e. The van der Waals surface area contributed by atoms with Crippen molar-refractivity contribution < 1.29 is 0 Å². The SMILES string of the molecule is CCN(c1ccc(C(C)N)cn1)C1CCCC1. The van der Waals surface area contributed by atoms with Crippen LogP contribution in [-0.2, 0) is 0 Å². The number of hydrogen-bond donors (Lipinski definition) is 1. The maximum Gasteiger partial charge on any atom is 0.128 e. The quantitative estimate of drug-likeness (QED) is 0.869. The zero-order valence-electron chi connectivity index (χ0n) is 10.9. The number of pyridine rings is 1. The second-order valence-corrected chi connectivity index (χ2v) is 4.96. The van der Waals surface area contributed by atoms with E-state index in [2.05, 4.69) is 28.9 Å². The first-order chi connectivity index (χ1) is 8.22. The molecule has 17 heavy (non-hydrogen) atoms. The van der Waals surface area contributed by atoms with Gasteiger partial charge in [-0.1, -0.05) is 18.9 Å². The molecule has 1 aromatic rings. The number of rotatable bonds is 4. The van der Waals surface area contributed by atoms with Gasteiger partial charge in [0, 0.05) is 24.8 Å². The molecule has 94 valence electrons. The van der Waals surface area contributed by atoms with Gasteiger partial charge in [0.25, 0.3) is 0 Å². The van der Waals surface area contributed by atoms with Crippen LogP contribution in [0.4, 0.5) is 5.82 Å². The highest BCUT2D eigenvalue weighted by atomic mass is 15.2. The van der Waals surface area contributed by atoms with E-state index in [4.69, 9.17) is 5.73 Å². The van der Waals surface area contributed by atoms with Gasteiger partial charge >= 0.3 is 0 Å². The normalized spacial score (nSPS) is 18.3. The Labute approximate surface area is 104 Å². The van der Waals surface area contributed by atoms with Crippen LogP contribution in [0.2, 0.25) is 0 Å². The van der Waals surface area contributed by atoms with Crippen molar-refractivity contribution in [3.8, 4) is 0 Å². The first-order valence-corrected chi connectivity index (χ1v) is 6.70. The van der Waals surface area contributed by atoms with Gasteiger partial charge in [-0.05, 0) is 38.3 Å². The fourth-order valence-electron chi connectivity index (χ4n) is 2.66. The predicted octanol–water partition coefficient (Wildman–Crippen LogP) is 2.87. The lowest BCUT2D eigenvalue weighted by Crippen LogP contribution is -2.33. The van der Waals surface area contributed by atoms with Gasteiger partial charge in [0.1, 0.15) is 5.82 Å². The van der Waals surface area contributed by atoms with Gasteiger partial charge in [0.15, 0.2) is 0 Å². The summed E-state index contributed by atoms with van der Waals surface area (Å²) in [6.07, 6.45) is 7.25. The third-order valence-electron chi connectivity index (χ3n) is 3.70. The third kappa shape index (κ3) is 2.78. The molecule has 1 aliphatic carbocycles. The van der Waals surface area contributed by atoms with Gasteiger partial charge in [-0.25, -0.2) is 4.98 Å². The van der Waals surface area contributed by atoms with E-state index in [0.29, 0.717) is 6.04 Å². The zero-order valence-corrected chi connectivity index (χ0v) is 10.9. The predicted molar refractivity (Wildman–Crippen MR) is 72.1 cm³/mol. The first kappa shape index (κ1) is 12.4. The van der Waals surface area contributed by atoms with E-state index in [9.17, 15) is 0 Å². The average Bonchev–Trinajstić information content (AvgIpc) is 2.84. The molecule has 1 unspecified atom stereocenters. The summed E-state index contributed by atoms with van der Waals surface area (Å²) in [5.41, 5.74) is 6.95. The Kier molecular flexibility index (Phi) is 4.00. The van der Waals surface area contributed by atoms with Crippen LogP contribution in [0, 0.1) is 0 Å². The van der Waals surface area contributed by atoms with Crippen LogP contribution in [0.25, 0.3) is 0 Å². The van der Waals surface area contributed by atoms with E-state index >= 15 is 0 Å². The fourth-order valence-corrected chi connectivity index (χ4v) is 2.66. The lowest BCUT2D eigenvalue weighted by Gasteiger charge is -2.28. The molecule has 3 nitrogen and oxygen atoms in total. The maximum atomic E-state index is 5.84. The van der Waals surface area contributed by atoms with Crippen molar-refractivity contribution in [1.29, 1.82) is 0 Å². The molecule has 3 heteroatoms. The molecule has 1 heterocycles. The Morgan fingerprint density at radius 1 is 1.41 bits per heavy atom. The smallest absolute Gasteiger partial charge is 0.128 e. The minimum absolute atomic E-state index is 0.0677. The molecule has 1 atom stereocenters. The molecule has 0 amide bonds.